The Morgan fingerprint density at radius 3 is 2.53 bits per heavy atom. The Morgan fingerprint density at radius 1 is 1.11 bits per heavy atom. The minimum absolute atomic E-state index is 0.128. The first-order chi connectivity index (χ1) is 18.2. The molecule has 0 spiro atoms. The molecule has 0 saturated carbocycles. The summed E-state index contributed by atoms with van der Waals surface area (Å²) >= 11 is 7.22. The van der Waals surface area contributed by atoms with Crippen LogP contribution in [0.15, 0.2) is 47.4 Å². The molecule has 2 aliphatic rings. The fourth-order valence-electron chi connectivity index (χ4n) is 5.03. The third-order valence-electron chi connectivity index (χ3n) is 7.13. The fourth-order valence-corrected chi connectivity index (χ4v) is 7.10. The largest absolute Gasteiger partial charge is 0.368 e. The molecule has 2 aromatic carbocycles. The number of carbonyl (C=O) groups excluding carboxylic acids is 1. The molecule has 1 N–H and O–H groups in total. The van der Waals surface area contributed by atoms with Crippen molar-refractivity contribution in [1.82, 2.24) is 14.3 Å². The second-order valence-corrected chi connectivity index (χ2v) is 12.4. The van der Waals surface area contributed by atoms with Crippen LogP contribution in [0.5, 0.6) is 0 Å². The van der Waals surface area contributed by atoms with Gasteiger partial charge < -0.3 is 14.7 Å². The summed E-state index contributed by atoms with van der Waals surface area (Å²) in [7, 11) is -3.75. The molecule has 2 aliphatic heterocycles. The minimum Gasteiger partial charge on any atom is -0.368 e. The highest BCUT2D eigenvalue weighted by molar-refractivity contribution is 7.93. The molecule has 12 heteroatoms. The van der Waals surface area contributed by atoms with Crippen LogP contribution in [0, 0.1) is 0 Å². The summed E-state index contributed by atoms with van der Waals surface area (Å²) in [5.41, 5.74) is 3.22. The number of benzene rings is 2. The van der Waals surface area contributed by atoms with E-state index in [4.69, 9.17) is 11.6 Å². The summed E-state index contributed by atoms with van der Waals surface area (Å²) in [4.78, 5) is 24.0. The number of rotatable bonds is 7. The van der Waals surface area contributed by atoms with Gasteiger partial charge in [0.1, 0.15) is 11.9 Å². The van der Waals surface area contributed by atoms with E-state index in [2.05, 4.69) is 23.9 Å². The van der Waals surface area contributed by atoms with Crippen molar-refractivity contribution in [1.29, 1.82) is 0 Å². The van der Waals surface area contributed by atoms with Gasteiger partial charge in [-0.15, -0.1) is 0 Å². The molecule has 38 heavy (non-hydrogen) atoms. The van der Waals surface area contributed by atoms with Crippen molar-refractivity contribution >= 4 is 55.6 Å². The number of sulfonamides is 1. The lowest BCUT2D eigenvalue weighted by Crippen LogP contribution is -2.55. The summed E-state index contributed by atoms with van der Waals surface area (Å²) in [5, 5.41) is 0.989. The van der Waals surface area contributed by atoms with Crippen LogP contribution in [-0.2, 0) is 27.7 Å². The van der Waals surface area contributed by atoms with Gasteiger partial charge in [-0.05, 0) is 67.8 Å². The van der Waals surface area contributed by atoms with Crippen molar-refractivity contribution in [2.24, 2.45) is 0 Å². The average molecular weight is 575 g/mol. The molecule has 1 atom stereocenters. The first-order valence-electron chi connectivity index (χ1n) is 12.8. The van der Waals surface area contributed by atoms with E-state index in [0.29, 0.717) is 38.4 Å². The van der Waals surface area contributed by atoms with Crippen LogP contribution in [0.4, 0.5) is 16.5 Å². The zero-order chi connectivity index (χ0) is 26.9. The van der Waals surface area contributed by atoms with Crippen LogP contribution in [-0.4, -0.2) is 67.3 Å². The second kappa shape index (κ2) is 11.1. The Morgan fingerprint density at radius 2 is 1.84 bits per heavy atom. The topological polar surface area (TPSA) is 98.7 Å². The molecule has 3 aromatic rings. The Labute approximate surface area is 232 Å². The number of nitrogens with zero attached hydrogens (tertiary/aromatic N) is 5. The summed E-state index contributed by atoms with van der Waals surface area (Å²) < 4.78 is 32.1. The molecule has 1 fully saturated rings. The van der Waals surface area contributed by atoms with Crippen LogP contribution < -0.4 is 14.5 Å². The molecular weight excluding hydrogens is 544 g/mol. The molecule has 1 aromatic heterocycles. The number of halogens is 1. The first kappa shape index (κ1) is 26.7. The van der Waals surface area contributed by atoms with Crippen molar-refractivity contribution in [2.45, 2.75) is 44.0 Å². The van der Waals surface area contributed by atoms with Crippen molar-refractivity contribution in [3.8, 4) is 0 Å². The predicted octanol–water partition coefficient (Wildman–Crippen LogP) is 4.04. The smallest absolute Gasteiger partial charge is 0.263 e. The SMILES string of the molecule is CCc1nsc(NS(=O)(=O)c2ccc(N3CCN(C(=O)[C@H](C)N4CCCc5cc(Cl)ccc54)CC3)cc2)n1. The quantitative estimate of drug-likeness (QED) is 0.454. The molecule has 5 rings (SSSR count). The van der Waals surface area contributed by atoms with Crippen LogP contribution in [0.2, 0.25) is 5.02 Å². The van der Waals surface area contributed by atoms with Crippen LogP contribution in [0.1, 0.15) is 31.7 Å². The summed E-state index contributed by atoms with van der Waals surface area (Å²) in [6.45, 7) is 7.34. The minimum atomic E-state index is -3.75. The second-order valence-electron chi connectivity index (χ2n) is 9.53. The van der Waals surface area contributed by atoms with E-state index in [0.717, 1.165) is 47.3 Å². The predicted molar refractivity (Wildman–Crippen MR) is 152 cm³/mol. The lowest BCUT2D eigenvalue weighted by atomic mass is 10.00. The highest BCUT2D eigenvalue weighted by Crippen LogP contribution is 2.31. The standard InChI is InChI=1S/C26H31ClN6O3S2/c1-3-24-28-26(37-29-24)30-38(35,36)22-9-7-21(8-10-22)31-13-15-32(16-14-31)25(34)18(2)33-12-4-5-19-17-20(27)6-11-23(19)33/h6-11,17-18H,3-5,12-16H2,1-2H3,(H,28,29,30)/t18-/m0/s1. The van der Waals surface area contributed by atoms with E-state index < -0.39 is 10.0 Å². The molecule has 0 unspecified atom stereocenters. The van der Waals surface area contributed by atoms with E-state index in [-0.39, 0.29) is 22.0 Å². The number of carbonyl (C=O) groups is 1. The van der Waals surface area contributed by atoms with Gasteiger partial charge in [0.25, 0.3) is 10.0 Å². The maximum Gasteiger partial charge on any atom is 0.263 e. The number of fused-ring (bicyclic) bond motifs is 1. The number of aromatic nitrogens is 2. The fraction of sp³-hybridized carbons (Fsp3) is 0.423. The van der Waals surface area contributed by atoms with Gasteiger partial charge in [0.05, 0.1) is 4.90 Å². The number of hydrogen-bond acceptors (Lipinski definition) is 8. The summed E-state index contributed by atoms with van der Waals surface area (Å²) in [6.07, 6.45) is 2.62. The van der Waals surface area contributed by atoms with E-state index in [1.54, 1.807) is 12.1 Å². The maximum absolute atomic E-state index is 13.4. The van der Waals surface area contributed by atoms with E-state index in [1.165, 1.54) is 5.56 Å². The van der Waals surface area contributed by atoms with Gasteiger partial charge in [-0.1, -0.05) is 18.5 Å². The third kappa shape index (κ3) is 5.60. The van der Waals surface area contributed by atoms with Gasteiger partial charge in [0.2, 0.25) is 11.0 Å². The van der Waals surface area contributed by atoms with Crippen molar-refractivity contribution in [2.75, 3.05) is 47.2 Å². The lowest BCUT2D eigenvalue weighted by molar-refractivity contribution is -0.132. The third-order valence-corrected chi connectivity index (χ3v) is 9.52. The highest BCUT2D eigenvalue weighted by Gasteiger charge is 2.31. The molecule has 9 nitrogen and oxygen atoms in total. The zero-order valence-corrected chi connectivity index (χ0v) is 23.8. The van der Waals surface area contributed by atoms with Crippen molar-refractivity contribution < 1.29 is 13.2 Å². The molecule has 0 radical (unpaired) electrons. The Bertz CT molecular complexity index is 1400. The molecular formula is C26H31ClN6O3S2. The van der Waals surface area contributed by atoms with E-state index >= 15 is 0 Å². The van der Waals surface area contributed by atoms with Gasteiger partial charge in [-0.25, -0.2) is 13.4 Å². The maximum atomic E-state index is 13.4. The molecule has 1 amide bonds. The average Bonchev–Trinajstić information content (AvgIpc) is 3.38. The van der Waals surface area contributed by atoms with E-state index in [1.807, 2.05) is 49.1 Å². The van der Waals surface area contributed by atoms with Gasteiger partial charge in [0.15, 0.2) is 0 Å². The number of piperazine rings is 1. The van der Waals surface area contributed by atoms with Gasteiger partial charge in [-0.3, -0.25) is 9.52 Å². The van der Waals surface area contributed by atoms with E-state index in [9.17, 15) is 13.2 Å². The van der Waals surface area contributed by atoms with Crippen LogP contribution >= 0.6 is 23.1 Å². The number of hydrogen-bond donors (Lipinski definition) is 1. The molecule has 1 saturated heterocycles. The Hall–Kier alpha value is -2.89. The molecule has 3 heterocycles. The first-order valence-corrected chi connectivity index (χ1v) is 15.4. The lowest BCUT2D eigenvalue weighted by Gasteiger charge is -2.41. The van der Waals surface area contributed by atoms with Crippen LogP contribution in [0.25, 0.3) is 0 Å². The molecule has 0 aliphatic carbocycles. The molecule has 0 bridgehead atoms. The number of aryl methyl sites for hydroxylation is 2. The monoisotopic (exact) mass is 574 g/mol. The Balaban J connectivity index is 1.19. The number of amides is 1. The highest BCUT2D eigenvalue weighted by atomic mass is 35.5. The molecule has 202 valence electrons. The van der Waals surface area contributed by atoms with Gasteiger partial charge in [-0.2, -0.15) is 4.37 Å². The van der Waals surface area contributed by atoms with Crippen molar-refractivity contribution in [3.63, 3.8) is 0 Å². The van der Waals surface area contributed by atoms with Gasteiger partial charge in [0, 0.05) is 67.1 Å². The summed E-state index contributed by atoms with van der Waals surface area (Å²) in [5.74, 6) is 0.739. The number of anilines is 3. The van der Waals surface area contributed by atoms with Crippen LogP contribution in [0.3, 0.4) is 0 Å². The van der Waals surface area contributed by atoms with Crippen molar-refractivity contribution in [3.05, 3.63) is 58.9 Å². The Kier molecular flexibility index (Phi) is 7.78. The van der Waals surface area contributed by atoms with Gasteiger partial charge >= 0.3 is 0 Å². The summed E-state index contributed by atoms with van der Waals surface area (Å²) in [6, 6.07) is 12.5. The normalized spacial score (nSPS) is 16.8. The number of nitrogens with one attached hydrogen (secondary N) is 1. The zero-order valence-electron chi connectivity index (χ0n) is 21.4.